The zero-order chi connectivity index (χ0) is 66.6. The molecule has 0 spiro atoms. The first-order valence-electron chi connectivity index (χ1n) is 28.5. The third-order valence-corrected chi connectivity index (χ3v) is 13.3. The number of rotatable bonds is 35. The maximum absolute atomic E-state index is 14.8. The van der Waals surface area contributed by atoms with Gasteiger partial charge in [0.15, 0.2) is 5.96 Å². The van der Waals surface area contributed by atoms with Gasteiger partial charge in [-0.25, -0.2) is 14.4 Å². The summed E-state index contributed by atoms with van der Waals surface area (Å²) in [7, 11) is 0. The normalized spacial score (nSPS) is 15.4. The monoisotopic (exact) mass is 1240 g/mol. The molecule has 0 aliphatic carbocycles. The predicted octanol–water partition coefficient (Wildman–Crippen LogP) is -2.51. The molecule has 2 aromatic carbocycles. The Balaban J connectivity index is 2.51. The van der Waals surface area contributed by atoms with Crippen molar-refractivity contribution in [3.63, 3.8) is 0 Å². The van der Waals surface area contributed by atoms with Crippen molar-refractivity contribution in [2.45, 2.75) is 167 Å². The van der Waals surface area contributed by atoms with Gasteiger partial charge in [0.25, 0.3) is 0 Å². The molecule has 0 saturated heterocycles. The van der Waals surface area contributed by atoms with Crippen LogP contribution in [0.4, 0.5) is 9.59 Å². The van der Waals surface area contributed by atoms with Gasteiger partial charge in [0, 0.05) is 6.54 Å². The molecule has 2 rings (SSSR count). The Labute approximate surface area is 510 Å². The predicted molar refractivity (Wildman–Crippen MR) is 316 cm³/mol. The largest absolute Gasteiger partial charge is 0.480 e. The van der Waals surface area contributed by atoms with E-state index < -0.39 is 181 Å². The quantitative estimate of drug-likeness (QED) is 0.0193. The molecular formula is C57H89N13O18. The van der Waals surface area contributed by atoms with Crippen LogP contribution in [-0.2, 0) is 59.2 Å². The third kappa shape index (κ3) is 26.1. The minimum absolute atomic E-state index is 0.0219. The van der Waals surface area contributed by atoms with Crippen LogP contribution in [0, 0.1) is 23.2 Å². The Kier molecular flexibility index (Phi) is 31.8. The Morgan fingerprint density at radius 3 is 1.60 bits per heavy atom. The second-order valence-corrected chi connectivity index (χ2v) is 22.4. The highest BCUT2D eigenvalue weighted by atomic mass is 16.6. The minimum atomic E-state index is -1.87. The zero-order valence-electron chi connectivity index (χ0n) is 51.1. The summed E-state index contributed by atoms with van der Waals surface area (Å²) in [5.74, 6) is -12.8. The number of benzene rings is 2. The summed E-state index contributed by atoms with van der Waals surface area (Å²) in [5, 5.41) is 84.4. The molecule has 12 atom stereocenters. The van der Waals surface area contributed by atoms with Crippen LogP contribution in [-0.4, -0.2) is 189 Å². The molecule has 0 aromatic heterocycles. The van der Waals surface area contributed by atoms with E-state index in [0.29, 0.717) is 11.1 Å². The van der Waals surface area contributed by atoms with Gasteiger partial charge in [0.05, 0.1) is 38.0 Å². The lowest BCUT2D eigenvalue weighted by atomic mass is 9.95. The smallest absolute Gasteiger partial charge is 0.408 e. The number of alkyl carbamates (subject to hydrolysis) is 2. The third-order valence-electron chi connectivity index (χ3n) is 13.3. The van der Waals surface area contributed by atoms with Crippen molar-refractivity contribution >= 4 is 71.4 Å². The van der Waals surface area contributed by atoms with E-state index in [1.165, 1.54) is 0 Å². The van der Waals surface area contributed by atoms with Crippen molar-refractivity contribution in [2.75, 3.05) is 26.3 Å². The van der Waals surface area contributed by atoms with Crippen LogP contribution in [0.15, 0.2) is 60.7 Å². The summed E-state index contributed by atoms with van der Waals surface area (Å²) in [6.45, 7) is 12.2. The number of carbonyl (C=O) groups is 11. The molecule has 31 nitrogen and oxygen atoms in total. The van der Waals surface area contributed by atoms with E-state index in [1.807, 2.05) is 5.32 Å². The summed E-state index contributed by atoms with van der Waals surface area (Å²) in [4.78, 5) is 149. The van der Waals surface area contributed by atoms with Gasteiger partial charge >= 0.3 is 18.2 Å². The number of carbonyl (C=O) groups excluding carboxylic acids is 10. The van der Waals surface area contributed by atoms with Crippen LogP contribution >= 0.6 is 0 Å². The molecule has 490 valence electrons. The lowest BCUT2D eigenvalue weighted by Gasteiger charge is -2.33. The fourth-order valence-electron chi connectivity index (χ4n) is 8.20. The lowest BCUT2D eigenvalue weighted by Crippen LogP contribution is -2.64. The van der Waals surface area contributed by atoms with Gasteiger partial charge in [-0.05, 0) is 69.4 Å². The molecule has 0 aliphatic rings. The molecule has 0 radical (unpaired) electrons. The molecule has 0 bridgehead atoms. The zero-order valence-corrected chi connectivity index (χ0v) is 51.1. The first-order chi connectivity index (χ1) is 41.2. The first kappa shape index (κ1) is 75.4. The van der Waals surface area contributed by atoms with E-state index >= 15 is 0 Å². The Hall–Kier alpha value is -8.68. The lowest BCUT2D eigenvalue weighted by molar-refractivity contribution is -0.143. The summed E-state index contributed by atoms with van der Waals surface area (Å²) >= 11 is 0. The summed E-state index contributed by atoms with van der Waals surface area (Å²) in [6, 6.07) is 1.75. The molecule has 10 amide bonds. The fourth-order valence-corrected chi connectivity index (χ4v) is 8.20. The average molecular weight is 1240 g/mol. The van der Waals surface area contributed by atoms with Gasteiger partial charge in [-0.15, -0.1) is 0 Å². The van der Waals surface area contributed by atoms with Gasteiger partial charge in [0.2, 0.25) is 47.3 Å². The van der Waals surface area contributed by atoms with Gasteiger partial charge in [-0.3, -0.25) is 43.8 Å². The van der Waals surface area contributed by atoms with E-state index in [2.05, 4.69) is 53.2 Å². The molecule has 0 aliphatic heterocycles. The topological polar surface area (TPSA) is 490 Å². The van der Waals surface area contributed by atoms with Crippen LogP contribution in [0.25, 0.3) is 0 Å². The second kappa shape index (κ2) is 37.1. The maximum atomic E-state index is 14.8. The number of aliphatic carboxylic acids is 1. The fraction of sp³-hybridized carbons (Fsp3) is 0.579. The summed E-state index contributed by atoms with van der Waals surface area (Å²) in [5.41, 5.74) is 5.35. The summed E-state index contributed by atoms with van der Waals surface area (Å²) < 4.78 is 11.0. The molecule has 0 fully saturated rings. The second-order valence-electron chi connectivity index (χ2n) is 22.4. The maximum Gasteiger partial charge on any atom is 0.408 e. The molecular weight excluding hydrogens is 1150 g/mol. The van der Waals surface area contributed by atoms with Gasteiger partial charge in [0.1, 0.15) is 60.5 Å². The minimum Gasteiger partial charge on any atom is -0.480 e. The number of aliphatic hydroxyl groups is 4. The highest BCUT2D eigenvalue weighted by molar-refractivity contribution is 5.98. The molecule has 2 aromatic rings. The SMILES string of the molecule is CC[C@H](C)[C@H](NC(=O)[C@@H](CCCNC(=N)N)NC(=O)[C@@H](NC(=O)[C@@H](NC(=O)[C@@H](NC(=O)OCc1ccccc1)[C@H](NC(=O)OC(C)(C)C)c1ccccc1)[C@H](O)C(C)C)C(C)C)C(=O)N[C@H](C(=O)NCC(=O)N[C@@H](CO)C(=O)N[C@@H](CO)C(=O)O)[C@H](C)O. The van der Waals surface area contributed by atoms with Gasteiger partial charge in [-0.2, -0.15) is 0 Å². The highest BCUT2D eigenvalue weighted by Gasteiger charge is 2.41. The first-order valence-corrected chi connectivity index (χ1v) is 28.5. The van der Waals surface area contributed by atoms with E-state index in [4.69, 9.17) is 25.7 Å². The van der Waals surface area contributed by atoms with E-state index in [1.54, 1.807) is 123 Å². The van der Waals surface area contributed by atoms with Crippen LogP contribution in [0.1, 0.15) is 106 Å². The Morgan fingerprint density at radius 1 is 0.568 bits per heavy atom. The number of carboxylic acid groups (broad SMARTS) is 1. The van der Waals surface area contributed by atoms with Crippen LogP contribution < -0.4 is 64.2 Å². The van der Waals surface area contributed by atoms with Gasteiger partial charge in [-0.1, -0.05) is 109 Å². The van der Waals surface area contributed by atoms with Crippen molar-refractivity contribution < 1.29 is 87.7 Å². The van der Waals surface area contributed by atoms with E-state index in [-0.39, 0.29) is 32.4 Å². The average Bonchev–Trinajstić information content (AvgIpc) is 1.32. The number of guanidine groups is 1. The van der Waals surface area contributed by atoms with E-state index in [9.17, 15) is 73.2 Å². The number of aliphatic hydroxyl groups excluding tert-OH is 4. The summed E-state index contributed by atoms with van der Waals surface area (Å²) in [6.07, 6.45) is -5.29. The van der Waals surface area contributed by atoms with Gasteiger partial charge < -0.3 is 99.2 Å². The van der Waals surface area contributed by atoms with Crippen molar-refractivity contribution in [3.05, 3.63) is 71.8 Å². The van der Waals surface area contributed by atoms with Crippen LogP contribution in [0.2, 0.25) is 0 Å². The Bertz CT molecular complexity index is 2660. The van der Waals surface area contributed by atoms with Crippen molar-refractivity contribution in [3.8, 4) is 0 Å². The molecule has 0 heterocycles. The molecule has 0 unspecified atom stereocenters. The van der Waals surface area contributed by atoms with Crippen LogP contribution in [0.5, 0.6) is 0 Å². The number of nitrogens with two attached hydrogens (primary N) is 1. The highest BCUT2D eigenvalue weighted by Crippen LogP contribution is 2.21. The number of hydrogen-bond acceptors (Lipinski definition) is 18. The molecule has 31 heteroatoms. The number of amides is 10. The number of hydrogen-bond donors (Lipinski definition) is 18. The van der Waals surface area contributed by atoms with E-state index in [0.717, 1.165) is 6.92 Å². The molecule has 19 N–H and O–H groups in total. The van der Waals surface area contributed by atoms with Crippen molar-refractivity contribution in [1.82, 2.24) is 58.5 Å². The number of ether oxygens (including phenoxy) is 2. The molecule has 0 saturated carbocycles. The Morgan fingerprint density at radius 2 is 1.08 bits per heavy atom. The number of carboxylic acids is 1. The molecule has 88 heavy (non-hydrogen) atoms. The van der Waals surface area contributed by atoms with Crippen molar-refractivity contribution in [2.24, 2.45) is 23.5 Å². The standard InChI is InChI=1S/C57H89N13O18/c1-11-31(6)40(50(80)67-41(32(7)73)48(78)61-25-38(74)62-36(26-71)47(77)64-37(27-72)53(83)84)66-46(76)35(23-18-24-60-54(58)59)63-49(79)39(29(2)3)65-52(82)44(45(75)30(4)5)68-51(81)43(70-55(85)87-28-33-19-14-12-15-20-33)42(34-21-16-13-17-22-34)69-56(86)88-57(8,9)10/h12-17,19-22,29-32,35-37,39-45,71-73,75H,11,18,23-28H2,1-10H3,(H,61,78)(H,62,74)(H,63,79)(H,64,77)(H,65,82)(H,66,76)(H,67,80)(H,68,81)(H,69,86)(H,70,85)(H,83,84)(H4,58,59,60)/t31-,32-,35+,36-,37-,39-,40-,41-,42+,43-,44-,45+/m0/s1. The van der Waals surface area contributed by atoms with Crippen LogP contribution in [0.3, 0.4) is 0 Å². The van der Waals surface area contributed by atoms with Crippen molar-refractivity contribution in [1.29, 1.82) is 5.41 Å². The number of nitrogens with one attached hydrogen (secondary N) is 12.